The van der Waals surface area contributed by atoms with Crippen molar-refractivity contribution in [2.45, 2.75) is 52.0 Å². The van der Waals surface area contributed by atoms with Crippen molar-refractivity contribution in [2.75, 3.05) is 6.54 Å². The highest BCUT2D eigenvalue weighted by atomic mass is 16.3. The first kappa shape index (κ1) is 18.9. The minimum absolute atomic E-state index is 0.0165. The van der Waals surface area contributed by atoms with Gasteiger partial charge in [-0.2, -0.15) is 0 Å². The summed E-state index contributed by atoms with van der Waals surface area (Å²) >= 11 is 0. The number of hydrogen-bond donors (Lipinski definition) is 3. The lowest BCUT2D eigenvalue weighted by Gasteiger charge is -2.36. The molecule has 1 aromatic heterocycles. The Morgan fingerprint density at radius 3 is 2.67 bits per heavy atom. The van der Waals surface area contributed by atoms with Crippen LogP contribution in [0.2, 0.25) is 0 Å². The van der Waals surface area contributed by atoms with Gasteiger partial charge in [0.2, 0.25) is 0 Å². The molecular formula is C18H24N4O5. The van der Waals surface area contributed by atoms with Crippen LogP contribution in [0.15, 0.2) is 10.5 Å². The Morgan fingerprint density at radius 1 is 1.30 bits per heavy atom. The highest BCUT2D eigenvalue weighted by molar-refractivity contribution is 6.09. The highest BCUT2D eigenvalue weighted by Gasteiger charge is 2.55. The van der Waals surface area contributed by atoms with Crippen molar-refractivity contribution < 1.29 is 23.6 Å². The molecule has 2 atom stereocenters. The molecule has 0 aromatic carbocycles. The monoisotopic (exact) mass is 376 g/mol. The summed E-state index contributed by atoms with van der Waals surface area (Å²) in [4.78, 5) is 50.2. The van der Waals surface area contributed by atoms with Crippen molar-refractivity contribution in [3.63, 3.8) is 0 Å². The van der Waals surface area contributed by atoms with E-state index >= 15 is 0 Å². The first-order valence-electron chi connectivity index (χ1n) is 9.05. The Bertz CT molecular complexity index is 802. The largest absolute Gasteiger partial charge is 0.466 e. The number of furan rings is 1. The lowest BCUT2D eigenvalue weighted by Crippen LogP contribution is -2.54. The summed E-state index contributed by atoms with van der Waals surface area (Å²) in [6, 6.07) is 0.985. The molecule has 3 rings (SSSR count). The molecule has 5 amide bonds. The molecule has 9 heteroatoms. The van der Waals surface area contributed by atoms with Crippen LogP contribution in [-0.4, -0.2) is 40.7 Å². The smallest absolute Gasteiger partial charge is 0.325 e. The number of hydrogen-bond acceptors (Lipinski definition) is 5. The standard InChI is InChI=1S/C18H24N4O5/c1-10-6-4-5-7-18(10)16(25)22(17(26)19-18)9-14(23)20-21-15(24)13-8-11(2)27-12(13)3/h8,10H,4-7,9H2,1-3H3,(H,19,26)(H,20,23)(H,21,24). The molecule has 2 unspecified atom stereocenters. The van der Waals surface area contributed by atoms with Gasteiger partial charge in [-0.3, -0.25) is 30.1 Å². The minimum atomic E-state index is -0.912. The van der Waals surface area contributed by atoms with E-state index in [1.54, 1.807) is 19.9 Å². The van der Waals surface area contributed by atoms with Crippen molar-refractivity contribution in [1.29, 1.82) is 0 Å². The van der Waals surface area contributed by atoms with E-state index in [0.717, 1.165) is 24.2 Å². The van der Waals surface area contributed by atoms with Crippen LogP contribution in [0.5, 0.6) is 0 Å². The number of carbonyl (C=O) groups is 4. The van der Waals surface area contributed by atoms with Gasteiger partial charge < -0.3 is 9.73 Å². The first-order chi connectivity index (χ1) is 12.7. The van der Waals surface area contributed by atoms with Crippen LogP contribution in [-0.2, 0) is 9.59 Å². The number of nitrogens with one attached hydrogen (secondary N) is 3. The van der Waals surface area contributed by atoms with Gasteiger partial charge in [0, 0.05) is 0 Å². The topological polar surface area (TPSA) is 121 Å². The summed E-state index contributed by atoms with van der Waals surface area (Å²) in [6.45, 7) is 4.84. The van der Waals surface area contributed by atoms with Crippen molar-refractivity contribution in [3.8, 4) is 0 Å². The summed E-state index contributed by atoms with van der Waals surface area (Å²) in [5, 5.41) is 2.78. The van der Waals surface area contributed by atoms with Crippen LogP contribution in [0.1, 0.15) is 54.5 Å². The SMILES string of the molecule is Cc1cc(C(=O)NNC(=O)CN2C(=O)NC3(CCCCC3C)C2=O)c(C)o1. The summed E-state index contributed by atoms with van der Waals surface area (Å²) < 4.78 is 5.27. The second kappa shape index (κ2) is 7.05. The molecule has 1 saturated carbocycles. The maximum absolute atomic E-state index is 12.8. The van der Waals surface area contributed by atoms with E-state index in [2.05, 4.69) is 16.2 Å². The van der Waals surface area contributed by atoms with E-state index < -0.39 is 29.9 Å². The Kier molecular flexibility index (Phi) is 4.95. The van der Waals surface area contributed by atoms with Crippen molar-refractivity contribution >= 4 is 23.8 Å². The van der Waals surface area contributed by atoms with Gasteiger partial charge >= 0.3 is 6.03 Å². The van der Waals surface area contributed by atoms with Crippen LogP contribution < -0.4 is 16.2 Å². The molecule has 146 valence electrons. The summed E-state index contributed by atoms with van der Waals surface area (Å²) in [5.41, 5.74) is 3.89. The molecule has 1 saturated heterocycles. The minimum Gasteiger partial charge on any atom is -0.466 e. The molecular weight excluding hydrogens is 352 g/mol. The number of amides is 5. The van der Waals surface area contributed by atoms with Crippen molar-refractivity contribution in [1.82, 2.24) is 21.1 Å². The Balaban J connectivity index is 1.59. The zero-order chi connectivity index (χ0) is 19.8. The average molecular weight is 376 g/mol. The number of imide groups is 1. The second-order valence-corrected chi connectivity index (χ2v) is 7.27. The summed E-state index contributed by atoms with van der Waals surface area (Å²) in [5.74, 6) is -0.542. The third-order valence-electron chi connectivity index (χ3n) is 5.40. The fraction of sp³-hybridized carbons (Fsp3) is 0.556. The van der Waals surface area contributed by atoms with Crippen LogP contribution in [0.4, 0.5) is 4.79 Å². The maximum atomic E-state index is 12.8. The van der Waals surface area contributed by atoms with Gasteiger partial charge in [0.1, 0.15) is 23.6 Å². The van der Waals surface area contributed by atoms with Gasteiger partial charge in [-0.15, -0.1) is 0 Å². The zero-order valence-corrected chi connectivity index (χ0v) is 15.7. The molecule has 3 N–H and O–H groups in total. The fourth-order valence-electron chi connectivity index (χ4n) is 3.87. The predicted molar refractivity (Wildman–Crippen MR) is 94.4 cm³/mol. The maximum Gasteiger partial charge on any atom is 0.325 e. The highest BCUT2D eigenvalue weighted by Crippen LogP contribution is 2.38. The van der Waals surface area contributed by atoms with Gasteiger partial charge in [-0.25, -0.2) is 4.79 Å². The third-order valence-corrected chi connectivity index (χ3v) is 5.40. The van der Waals surface area contributed by atoms with Crippen LogP contribution in [0.25, 0.3) is 0 Å². The zero-order valence-electron chi connectivity index (χ0n) is 15.7. The molecule has 9 nitrogen and oxygen atoms in total. The van der Waals surface area contributed by atoms with Crippen molar-refractivity contribution in [2.24, 2.45) is 5.92 Å². The predicted octanol–water partition coefficient (Wildman–Crippen LogP) is 1.16. The van der Waals surface area contributed by atoms with E-state index in [-0.39, 0.29) is 11.8 Å². The molecule has 0 radical (unpaired) electrons. The molecule has 1 spiro atoms. The third kappa shape index (κ3) is 3.41. The van der Waals surface area contributed by atoms with Gasteiger partial charge in [0.15, 0.2) is 0 Å². The molecule has 0 bridgehead atoms. The van der Waals surface area contributed by atoms with E-state index in [1.807, 2.05) is 6.92 Å². The number of urea groups is 1. The molecule has 2 fully saturated rings. The number of carbonyl (C=O) groups excluding carboxylic acids is 4. The Hall–Kier alpha value is -2.84. The fourth-order valence-corrected chi connectivity index (χ4v) is 3.87. The molecule has 27 heavy (non-hydrogen) atoms. The lowest BCUT2D eigenvalue weighted by atomic mass is 9.73. The lowest BCUT2D eigenvalue weighted by molar-refractivity contribution is -0.137. The number of hydrazine groups is 1. The summed E-state index contributed by atoms with van der Waals surface area (Å²) in [6.07, 6.45) is 3.31. The van der Waals surface area contributed by atoms with Gasteiger partial charge in [-0.1, -0.05) is 19.8 Å². The van der Waals surface area contributed by atoms with Crippen LogP contribution in [0.3, 0.4) is 0 Å². The average Bonchev–Trinajstić information content (AvgIpc) is 3.07. The molecule has 1 aliphatic heterocycles. The number of aryl methyl sites for hydroxylation is 2. The van der Waals surface area contributed by atoms with Gasteiger partial charge in [0.05, 0.1) is 5.56 Å². The van der Waals surface area contributed by atoms with E-state index in [1.165, 1.54) is 0 Å². The quantitative estimate of drug-likeness (QED) is 0.540. The van der Waals surface area contributed by atoms with Crippen LogP contribution >= 0.6 is 0 Å². The number of nitrogens with zero attached hydrogens (tertiary/aromatic N) is 1. The summed E-state index contributed by atoms with van der Waals surface area (Å²) in [7, 11) is 0. The molecule has 1 aromatic rings. The molecule has 1 aliphatic carbocycles. The first-order valence-corrected chi connectivity index (χ1v) is 9.05. The Labute approximate surface area is 156 Å². The van der Waals surface area contributed by atoms with Crippen molar-refractivity contribution in [3.05, 3.63) is 23.2 Å². The van der Waals surface area contributed by atoms with Gasteiger partial charge in [0.25, 0.3) is 17.7 Å². The van der Waals surface area contributed by atoms with E-state index in [9.17, 15) is 19.2 Å². The van der Waals surface area contributed by atoms with Crippen LogP contribution in [0, 0.1) is 19.8 Å². The molecule has 2 aliphatic rings. The normalized spacial score (nSPS) is 24.9. The van der Waals surface area contributed by atoms with E-state index in [4.69, 9.17) is 4.42 Å². The van der Waals surface area contributed by atoms with E-state index in [0.29, 0.717) is 23.5 Å². The Morgan fingerprint density at radius 2 is 2.04 bits per heavy atom. The molecule has 2 heterocycles. The second-order valence-electron chi connectivity index (χ2n) is 7.27. The number of rotatable bonds is 3. The van der Waals surface area contributed by atoms with Gasteiger partial charge in [-0.05, 0) is 38.7 Å².